The zero-order valence-electron chi connectivity index (χ0n) is 24.4. The molecule has 8 nitrogen and oxygen atoms in total. The van der Waals surface area contributed by atoms with E-state index in [-0.39, 0.29) is 38.5 Å². The molecule has 0 saturated heterocycles. The highest BCUT2D eigenvalue weighted by atomic mass is 35.5. The van der Waals surface area contributed by atoms with Gasteiger partial charge in [0.05, 0.1) is 19.2 Å². The fourth-order valence-corrected chi connectivity index (χ4v) is 3.68. The minimum atomic E-state index is -4.97. The molecule has 0 aliphatic rings. The van der Waals surface area contributed by atoms with Gasteiger partial charge in [-0.3, -0.25) is 9.59 Å². The third kappa shape index (κ3) is 12.4. The van der Waals surface area contributed by atoms with Gasteiger partial charge in [-0.25, -0.2) is 8.78 Å². The Morgan fingerprint density at radius 1 is 0.646 bits per heavy atom. The van der Waals surface area contributed by atoms with E-state index in [1.807, 2.05) is 0 Å². The van der Waals surface area contributed by atoms with E-state index >= 15 is 0 Å². The number of ether oxygens (including phenoxy) is 4. The topological polar surface area (TPSA) is 112 Å². The minimum Gasteiger partial charge on any atom is -0.497 e. The lowest BCUT2D eigenvalue weighted by molar-refractivity contribution is -0.275. The van der Waals surface area contributed by atoms with E-state index in [0.717, 1.165) is 30.3 Å². The molecule has 0 amide bonds. The van der Waals surface area contributed by atoms with E-state index in [4.69, 9.17) is 31.1 Å². The summed E-state index contributed by atoms with van der Waals surface area (Å²) in [5.41, 5.74) is -0.412. The number of methoxy groups -OCH3 is 2. The number of rotatable bonds is 8. The second-order valence-corrected chi connectivity index (χ2v) is 9.29. The summed E-state index contributed by atoms with van der Waals surface area (Å²) in [4.78, 5) is 21.0. The van der Waals surface area contributed by atoms with Crippen LogP contribution >= 0.6 is 11.6 Å². The summed E-state index contributed by atoms with van der Waals surface area (Å²) in [6, 6.07) is 14.1. The first kappa shape index (κ1) is 39.3. The highest BCUT2D eigenvalue weighted by Gasteiger charge is 2.33. The van der Waals surface area contributed by atoms with Crippen LogP contribution < -0.4 is 24.4 Å². The summed E-state index contributed by atoms with van der Waals surface area (Å²) in [7, 11) is 0.959. The molecule has 0 aliphatic carbocycles. The third-order valence-corrected chi connectivity index (χ3v) is 5.94. The van der Waals surface area contributed by atoms with E-state index in [1.165, 1.54) is 56.7 Å². The second-order valence-electron chi connectivity index (χ2n) is 8.88. The quantitative estimate of drug-likeness (QED) is 0.117. The summed E-state index contributed by atoms with van der Waals surface area (Å²) in [5.74, 6) is -1.99. The van der Waals surface area contributed by atoms with Gasteiger partial charge < -0.3 is 29.0 Å². The average molecular weight is 709 g/mol. The van der Waals surface area contributed by atoms with Crippen molar-refractivity contribution in [2.45, 2.75) is 12.7 Å². The molecule has 48 heavy (non-hydrogen) atoms. The number of carbonyl (C=O) groups excluding carboxylic acids is 2. The van der Waals surface area contributed by atoms with Crippen molar-refractivity contribution >= 4 is 36.8 Å². The maximum absolute atomic E-state index is 13.9. The minimum absolute atomic E-state index is 0.0219. The van der Waals surface area contributed by atoms with Crippen molar-refractivity contribution in [3.63, 3.8) is 0 Å². The van der Waals surface area contributed by atoms with Crippen LogP contribution in [0.2, 0.25) is 5.02 Å². The normalized spacial score (nSPS) is 10.8. The van der Waals surface area contributed by atoms with E-state index in [1.54, 1.807) is 0 Å². The lowest BCUT2D eigenvalue weighted by atomic mass is 9.80. The Kier molecular flexibility index (Phi) is 14.2. The maximum atomic E-state index is 13.9. The first-order chi connectivity index (χ1) is 22.4. The van der Waals surface area contributed by atoms with Crippen molar-refractivity contribution in [3.8, 4) is 34.1 Å². The highest BCUT2D eigenvalue weighted by Crippen LogP contribution is 2.37. The van der Waals surface area contributed by atoms with Crippen molar-refractivity contribution in [3.05, 3.63) is 101 Å². The smallest absolute Gasteiger partial charge is 0.497 e. The Bertz CT molecular complexity index is 1700. The Morgan fingerprint density at radius 3 is 1.62 bits per heavy atom. The van der Waals surface area contributed by atoms with Crippen molar-refractivity contribution < 1.29 is 73.7 Å². The van der Waals surface area contributed by atoms with Crippen LogP contribution in [-0.4, -0.2) is 56.7 Å². The molecule has 0 heterocycles. The zero-order chi connectivity index (χ0) is 36.2. The molecule has 4 aromatic carbocycles. The largest absolute Gasteiger partial charge is 0.573 e. The Labute approximate surface area is 272 Å². The molecule has 4 rings (SSSR count). The van der Waals surface area contributed by atoms with Gasteiger partial charge in [-0.2, -0.15) is 0 Å². The molecule has 2 N–H and O–H groups in total. The van der Waals surface area contributed by atoms with Gasteiger partial charge in [-0.1, -0.05) is 17.7 Å². The van der Waals surface area contributed by atoms with Crippen LogP contribution in [0.5, 0.6) is 23.0 Å². The summed E-state index contributed by atoms with van der Waals surface area (Å²) < 4.78 is 117. The van der Waals surface area contributed by atoms with E-state index in [0.29, 0.717) is 18.3 Å². The van der Waals surface area contributed by atoms with Gasteiger partial charge >= 0.3 is 19.8 Å². The molecule has 18 heteroatoms. The third-order valence-electron chi connectivity index (χ3n) is 5.63. The molecule has 0 saturated carbocycles. The van der Waals surface area contributed by atoms with Gasteiger partial charge in [0.1, 0.15) is 47.2 Å². The first-order valence-electron chi connectivity index (χ1n) is 12.8. The van der Waals surface area contributed by atoms with Gasteiger partial charge in [0.15, 0.2) is 0 Å². The van der Waals surface area contributed by atoms with Crippen LogP contribution in [0.15, 0.2) is 72.8 Å². The molecule has 0 aliphatic heterocycles. The lowest BCUT2D eigenvalue weighted by Gasteiger charge is -2.15. The zero-order valence-corrected chi connectivity index (χ0v) is 25.2. The fraction of sp³-hybridized carbons (Fsp3) is 0.133. The number of hydrogen-bond acceptors (Lipinski definition) is 8. The molecule has 4 aromatic rings. The lowest BCUT2D eigenvalue weighted by Crippen LogP contribution is -2.32. The Balaban J connectivity index is 0.000000266. The summed E-state index contributed by atoms with van der Waals surface area (Å²) in [6.07, 6.45) is -9.01. The van der Waals surface area contributed by atoms with Crippen molar-refractivity contribution in [1.82, 2.24) is 0 Å². The maximum Gasteiger partial charge on any atom is 0.573 e. The molecule has 256 valence electrons. The van der Waals surface area contributed by atoms with E-state index < -0.39 is 43.0 Å². The van der Waals surface area contributed by atoms with Crippen molar-refractivity contribution in [1.29, 1.82) is 0 Å². The molecule has 0 atom stereocenters. The summed E-state index contributed by atoms with van der Waals surface area (Å²) in [5, 5.41) is 17.2. The van der Waals surface area contributed by atoms with Crippen molar-refractivity contribution in [2.75, 3.05) is 14.2 Å². The van der Waals surface area contributed by atoms with Crippen LogP contribution in [-0.2, 0) is 0 Å². The summed E-state index contributed by atoms with van der Waals surface area (Å²) >= 11 is 5.42. The number of alkyl halides is 6. The van der Waals surface area contributed by atoms with Gasteiger partial charge in [0.25, 0.3) is 0 Å². The molecule has 0 bridgehead atoms. The van der Waals surface area contributed by atoms with Crippen LogP contribution in [0.3, 0.4) is 0 Å². The molecule has 0 aromatic heterocycles. The number of hydrogen-bond donors (Lipinski definition) is 2. The Morgan fingerprint density at radius 2 is 1.12 bits per heavy atom. The predicted octanol–water partition coefficient (Wildman–Crippen LogP) is 6.78. The highest BCUT2D eigenvalue weighted by molar-refractivity contribution is 6.58. The number of carbonyl (C=O) groups is 2. The van der Waals surface area contributed by atoms with Gasteiger partial charge in [0, 0.05) is 27.7 Å². The van der Waals surface area contributed by atoms with Crippen molar-refractivity contribution in [2.24, 2.45) is 0 Å². The monoisotopic (exact) mass is 708 g/mol. The SMILES string of the molecule is COc1ccc(F)c(-c2ccc(C=O)cc2OC(F)(F)F)c1.COc1ccc(F)c(B(O)O)c1.O=Cc1ccc(Cl)c(OC(F)(F)F)c1. The standard InChI is InChI=1S/C15H10F4O3.C8H4ClF3O2.C7H8BFO3/c1-21-10-3-5-13(16)12(7-10)11-4-2-9(8-20)6-14(11)22-15(17,18)19;9-6-2-1-5(4-13)3-7(6)14-8(10,11)12;1-12-5-2-3-7(9)6(4-5)8(10)11/h2-8H,1H3;1-4H;2-4,10-11H,1H3. The van der Waals surface area contributed by atoms with Gasteiger partial charge in [-0.05, 0) is 66.7 Å². The van der Waals surface area contributed by atoms with Gasteiger partial charge in [0.2, 0.25) is 0 Å². The molecule has 0 radical (unpaired) electrons. The molecular formula is C30H22BClF8O8. The average Bonchev–Trinajstić information content (AvgIpc) is 3.02. The molecular weight excluding hydrogens is 687 g/mol. The number of halogens is 9. The second kappa shape index (κ2) is 17.3. The summed E-state index contributed by atoms with van der Waals surface area (Å²) in [6.45, 7) is 0. The molecule has 0 unspecified atom stereocenters. The van der Waals surface area contributed by atoms with Crippen LogP contribution in [0.4, 0.5) is 35.1 Å². The molecule has 0 spiro atoms. The molecule has 0 fully saturated rings. The van der Waals surface area contributed by atoms with Crippen LogP contribution in [0.1, 0.15) is 20.7 Å². The van der Waals surface area contributed by atoms with E-state index in [2.05, 4.69) is 9.47 Å². The first-order valence-corrected chi connectivity index (χ1v) is 13.2. The Hall–Kier alpha value is -4.87. The van der Waals surface area contributed by atoms with Gasteiger partial charge in [-0.15, -0.1) is 26.3 Å². The fourth-order valence-electron chi connectivity index (χ4n) is 3.52. The number of aldehydes is 2. The van der Waals surface area contributed by atoms with E-state index in [9.17, 15) is 44.7 Å². The predicted molar refractivity (Wildman–Crippen MR) is 157 cm³/mol. The number of benzene rings is 4. The van der Waals surface area contributed by atoms with Crippen LogP contribution in [0.25, 0.3) is 11.1 Å². The van der Waals surface area contributed by atoms with Crippen LogP contribution in [0, 0.1) is 11.6 Å².